The molecule has 0 fully saturated rings. The fraction of sp³-hybridized carbons (Fsp3) is 0.167. The number of hydrogen-bond acceptors (Lipinski definition) is 5. The minimum Gasteiger partial charge on any atom is -0.397 e. The third-order valence-electron chi connectivity index (χ3n) is 5.51. The number of benzene rings is 2. The van der Waals surface area contributed by atoms with E-state index in [1.807, 2.05) is 30.3 Å². The Kier molecular flexibility index (Phi) is 5.15. The molecule has 2 aromatic heterocycles. The van der Waals surface area contributed by atoms with E-state index in [4.69, 9.17) is 10.7 Å². The number of pyridine rings is 1. The summed E-state index contributed by atoms with van der Waals surface area (Å²) in [6.45, 7) is 2.75. The number of nitrogen functional groups attached to an aromatic ring is 1. The first-order valence-corrected chi connectivity index (χ1v) is 11.5. The van der Waals surface area contributed by atoms with Crippen molar-refractivity contribution in [1.29, 1.82) is 0 Å². The number of aromatic nitrogens is 1. The summed E-state index contributed by atoms with van der Waals surface area (Å²) in [6.07, 6.45) is 0.909. The van der Waals surface area contributed by atoms with Gasteiger partial charge < -0.3 is 5.73 Å². The average molecular weight is 478 g/mol. The van der Waals surface area contributed by atoms with Crippen molar-refractivity contribution in [2.24, 2.45) is 0 Å². The molecule has 2 aromatic carbocycles. The Hall–Kier alpha value is -2.54. The van der Waals surface area contributed by atoms with Crippen LogP contribution in [0.1, 0.15) is 32.1 Å². The molecule has 0 spiro atoms. The van der Waals surface area contributed by atoms with E-state index in [0.717, 1.165) is 46.4 Å². The first-order valence-electron chi connectivity index (χ1n) is 9.86. The predicted molar refractivity (Wildman–Crippen MR) is 126 cm³/mol. The molecule has 0 saturated carbocycles. The van der Waals surface area contributed by atoms with Gasteiger partial charge in [-0.15, -0.1) is 11.3 Å². The van der Waals surface area contributed by atoms with Crippen molar-refractivity contribution < 1.29 is 4.79 Å². The van der Waals surface area contributed by atoms with E-state index in [1.54, 1.807) is 0 Å². The Morgan fingerprint density at radius 2 is 1.90 bits per heavy atom. The second-order valence-corrected chi connectivity index (χ2v) is 9.49. The summed E-state index contributed by atoms with van der Waals surface area (Å²) in [4.78, 5) is 21.7. The molecule has 0 amide bonds. The van der Waals surface area contributed by atoms with E-state index in [2.05, 4.69) is 51.2 Å². The van der Waals surface area contributed by atoms with E-state index in [-0.39, 0.29) is 5.78 Å². The van der Waals surface area contributed by atoms with E-state index >= 15 is 0 Å². The van der Waals surface area contributed by atoms with Crippen LogP contribution in [0, 0.1) is 0 Å². The topological polar surface area (TPSA) is 59.2 Å². The molecule has 0 atom stereocenters. The van der Waals surface area contributed by atoms with Crippen molar-refractivity contribution in [3.63, 3.8) is 0 Å². The molecule has 4 aromatic rings. The maximum atomic E-state index is 13.0. The monoisotopic (exact) mass is 477 g/mol. The van der Waals surface area contributed by atoms with Crippen LogP contribution in [0.15, 0.2) is 65.1 Å². The number of carbonyl (C=O) groups excluding carboxylic acids is 1. The van der Waals surface area contributed by atoms with Gasteiger partial charge >= 0.3 is 0 Å². The highest BCUT2D eigenvalue weighted by atomic mass is 79.9. The van der Waals surface area contributed by atoms with Crippen LogP contribution in [-0.2, 0) is 19.5 Å². The van der Waals surface area contributed by atoms with Crippen molar-refractivity contribution >= 4 is 49.0 Å². The third kappa shape index (κ3) is 3.67. The molecule has 6 heteroatoms. The van der Waals surface area contributed by atoms with Gasteiger partial charge in [0.2, 0.25) is 5.78 Å². The molecule has 5 rings (SSSR count). The fourth-order valence-electron chi connectivity index (χ4n) is 3.93. The van der Waals surface area contributed by atoms with Gasteiger partial charge in [-0.3, -0.25) is 9.69 Å². The zero-order valence-corrected chi connectivity index (χ0v) is 18.7. The molecule has 1 aliphatic heterocycles. The van der Waals surface area contributed by atoms with Gasteiger partial charge in [0.1, 0.15) is 9.71 Å². The first kappa shape index (κ1) is 19.4. The largest absolute Gasteiger partial charge is 0.397 e. The van der Waals surface area contributed by atoms with Crippen LogP contribution in [0.4, 0.5) is 5.69 Å². The van der Waals surface area contributed by atoms with Gasteiger partial charge in [0.05, 0.1) is 5.69 Å². The van der Waals surface area contributed by atoms with Crippen LogP contribution in [0.25, 0.3) is 10.2 Å². The zero-order valence-electron chi connectivity index (χ0n) is 16.3. The highest BCUT2D eigenvalue weighted by Crippen LogP contribution is 2.36. The molecular weight excluding hydrogens is 458 g/mol. The van der Waals surface area contributed by atoms with Gasteiger partial charge in [0, 0.05) is 47.2 Å². The zero-order chi connectivity index (χ0) is 20.7. The molecule has 0 radical (unpaired) electrons. The lowest BCUT2D eigenvalue weighted by molar-refractivity contribution is 0.104. The third-order valence-corrected chi connectivity index (χ3v) is 7.15. The average Bonchev–Trinajstić information content (AvgIpc) is 3.08. The highest BCUT2D eigenvalue weighted by molar-refractivity contribution is 9.10. The Labute approximate surface area is 187 Å². The molecule has 0 unspecified atom stereocenters. The smallest absolute Gasteiger partial charge is 0.205 e. The quantitative estimate of drug-likeness (QED) is 0.398. The lowest BCUT2D eigenvalue weighted by Crippen LogP contribution is -2.30. The molecule has 3 heterocycles. The predicted octanol–water partition coefficient (Wildman–Crippen LogP) is 5.43. The summed E-state index contributed by atoms with van der Waals surface area (Å²) < 4.78 is 0.942. The molecule has 150 valence electrons. The Bertz CT molecular complexity index is 1240. The van der Waals surface area contributed by atoms with Crippen molar-refractivity contribution in [3.05, 3.63) is 92.4 Å². The van der Waals surface area contributed by atoms with Gasteiger partial charge in [-0.2, -0.15) is 0 Å². The van der Waals surface area contributed by atoms with E-state index in [0.29, 0.717) is 16.1 Å². The number of carbonyl (C=O) groups is 1. The fourth-order valence-corrected chi connectivity index (χ4v) is 5.26. The van der Waals surface area contributed by atoms with Crippen LogP contribution in [0.5, 0.6) is 0 Å². The number of nitrogens with two attached hydrogens (primary N) is 1. The summed E-state index contributed by atoms with van der Waals surface area (Å²) in [6, 6.07) is 20.0. The van der Waals surface area contributed by atoms with Gasteiger partial charge in [0.25, 0.3) is 0 Å². The first-order chi connectivity index (χ1) is 14.6. The second kappa shape index (κ2) is 7.95. The molecule has 2 N–H and O–H groups in total. The number of nitrogens with zero attached hydrogens (tertiary/aromatic N) is 2. The number of ketones is 1. The molecule has 30 heavy (non-hydrogen) atoms. The Balaban J connectivity index is 1.45. The number of rotatable bonds is 4. The number of anilines is 1. The van der Waals surface area contributed by atoms with E-state index < -0.39 is 0 Å². The maximum Gasteiger partial charge on any atom is 0.205 e. The standard InChI is InChI=1S/C24H20BrN3OS/c25-18-8-6-16(7-9-18)22(29)23-21(26)19-12-17-14-28(13-15-4-2-1-3-5-15)11-10-20(17)27-24(19)30-23/h1-9,12H,10-11,13-14,26H2. The van der Waals surface area contributed by atoms with Crippen molar-refractivity contribution in [2.45, 2.75) is 19.5 Å². The number of hydrogen-bond donors (Lipinski definition) is 1. The number of halogens is 1. The van der Waals surface area contributed by atoms with Crippen LogP contribution >= 0.6 is 27.3 Å². The summed E-state index contributed by atoms with van der Waals surface area (Å²) in [5, 5.41) is 0.890. The van der Waals surface area contributed by atoms with E-state index in [1.165, 1.54) is 22.5 Å². The molecule has 4 nitrogen and oxygen atoms in total. The van der Waals surface area contributed by atoms with Crippen LogP contribution < -0.4 is 5.73 Å². The lowest BCUT2D eigenvalue weighted by atomic mass is 10.0. The second-order valence-electron chi connectivity index (χ2n) is 7.57. The lowest BCUT2D eigenvalue weighted by Gasteiger charge is -2.28. The molecular formula is C24H20BrN3OS. The molecule has 0 saturated heterocycles. The van der Waals surface area contributed by atoms with Crippen LogP contribution in [0.2, 0.25) is 0 Å². The SMILES string of the molecule is Nc1c(C(=O)c2ccc(Br)cc2)sc2nc3c(cc12)CN(Cc1ccccc1)CC3. The van der Waals surface area contributed by atoms with Crippen molar-refractivity contribution in [3.8, 4) is 0 Å². The van der Waals surface area contributed by atoms with Crippen molar-refractivity contribution in [2.75, 3.05) is 12.3 Å². The van der Waals surface area contributed by atoms with Gasteiger partial charge in [-0.1, -0.05) is 46.3 Å². The van der Waals surface area contributed by atoms with Crippen LogP contribution in [0.3, 0.4) is 0 Å². The number of thiophene rings is 1. The Morgan fingerprint density at radius 1 is 1.13 bits per heavy atom. The minimum atomic E-state index is -0.0494. The van der Waals surface area contributed by atoms with Gasteiger partial charge in [-0.25, -0.2) is 4.98 Å². The normalized spacial score (nSPS) is 14.0. The van der Waals surface area contributed by atoms with E-state index in [9.17, 15) is 4.79 Å². The van der Waals surface area contributed by atoms with Gasteiger partial charge in [0.15, 0.2) is 0 Å². The molecule has 1 aliphatic rings. The summed E-state index contributed by atoms with van der Waals surface area (Å²) in [7, 11) is 0. The summed E-state index contributed by atoms with van der Waals surface area (Å²) in [5.41, 5.74) is 11.2. The molecule has 0 aliphatic carbocycles. The van der Waals surface area contributed by atoms with Crippen molar-refractivity contribution in [1.82, 2.24) is 9.88 Å². The van der Waals surface area contributed by atoms with Gasteiger partial charge in [-0.05, 0) is 41.5 Å². The summed E-state index contributed by atoms with van der Waals surface area (Å²) >= 11 is 4.81. The van der Waals surface area contributed by atoms with Crippen LogP contribution in [-0.4, -0.2) is 22.2 Å². The minimum absolute atomic E-state index is 0.0494. The Morgan fingerprint density at radius 3 is 2.67 bits per heavy atom. The molecule has 0 bridgehead atoms. The number of fused-ring (bicyclic) bond motifs is 2. The maximum absolute atomic E-state index is 13.0. The summed E-state index contributed by atoms with van der Waals surface area (Å²) in [5.74, 6) is -0.0494. The highest BCUT2D eigenvalue weighted by Gasteiger charge is 2.23.